The van der Waals surface area contributed by atoms with Crippen LogP contribution in [-0.4, -0.2) is 36.9 Å². The fourth-order valence-corrected chi connectivity index (χ4v) is 2.97. The summed E-state index contributed by atoms with van der Waals surface area (Å²) in [5, 5.41) is 3.37. The molecule has 19 heavy (non-hydrogen) atoms. The zero-order valence-electron chi connectivity index (χ0n) is 11.3. The van der Waals surface area contributed by atoms with Crippen LogP contribution in [0.2, 0.25) is 0 Å². The van der Waals surface area contributed by atoms with Crippen molar-refractivity contribution in [1.29, 1.82) is 0 Å². The third-order valence-corrected chi connectivity index (χ3v) is 4.17. The second-order valence-electron chi connectivity index (χ2n) is 5.52. The normalized spacial score (nSPS) is 21.6. The first-order valence-electron chi connectivity index (χ1n) is 6.67. The average molecular weight is 327 g/mol. The first-order valence-corrected chi connectivity index (χ1v) is 7.46. The maximum Gasteiger partial charge on any atom is 0.246 e. The van der Waals surface area contributed by atoms with Crippen molar-refractivity contribution in [1.82, 2.24) is 10.2 Å². The van der Waals surface area contributed by atoms with Gasteiger partial charge in [0.2, 0.25) is 5.79 Å². The molecule has 0 bridgehead atoms. The number of rotatable bonds is 2. The van der Waals surface area contributed by atoms with Crippen LogP contribution in [0.4, 0.5) is 0 Å². The number of benzene rings is 1. The van der Waals surface area contributed by atoms with Crippen molar-refractivity contribution in [2.45, 2.75) is 26.2 Å². The second-order valence-corrected chi connectivity index (χ2v) is 6.37. The smallest absolute Gasteiger partial charge is 0.246 e. The van der Waals surface area contributed by atoms with Gasteiger partial charge in [-0.3, -0.25) is 4.90 Å². The molecular formula is C14H19BrN2O2. The van der Waals surface area contributed by atoms with E-state index in [4.69, 9.17) is 9.47 Å². The first kappa shape index (κ1) is 13.2. The van der Waals surface area contributed by atoms with Crippen LogP contribution in [0.3, 0.4) is 0 Å². The summed E-state index contributed by atoms with van der Waals surface area (Å²) in [7, 11) is 0. The quantitative estimate of drug-likeness (QED) is 0.904. The van der Waals surface area contributed by atoms with Gasteiger partial charge in [-0.15, -0.1) is 0 Å². The van der Waals surface area contributed by atoms with Crippen molar-refractivity contribution in [2.24, 2.45) is 0 Å². The molecule has 4 nitrogen and oxygen atoms in total. The fourth-order valence-electron chi connectivity index (χ4n) is 2.52. The van der Waals surface area contributed by atoms with Crippen molar-refractivity contribution >= 4 is 15.9 Å². The maximum absolute atomic E-state index is 5.81. The van der Waals surface area contributed by atoms with Gasteiger partial charge in [-0.05, 0) is 17.7 Å². The van der Waals surface area contributed by atoms with Crippen LogP contribution in [0.15, 0.2) is 16.6 Å². The molecule has 1 aromatic carbocycles. The monoisotopic (exact) mass is 326 g/mol. The third-order valence-electron chi connectivity index (χ3n) is 3.43. The standard InChI is InChI=1S/C14H19BrN2O2/c1-14(2)18-12-7-10(11(15)8-13(12)19-14)9-17-5-3-16-4-6-17/h7-8,16H,3-6,9H2,1-2H3. The molecule has 0 spiro atoms. The van der Waals surface area contributed by atoms with Crippen molar-refractivity contribution in [2.75, 3.05) is 26.2 Å². The van der Waals surface area contributed by atoms with E-state index in [0.29, 0.717) is 0 Å². The topological polar surface area (TPSA) is 33.7 Å². The van der Waals surface area contributed by atoms with Gasteiger partial charge in [-0.1, -0.05) is 15.9 Å². The number of fused-ring (bicyclic) bond motifs is 1. The van der Waals surface area contributed by atoms with Gasteiger partial charge in [0.05, 0.1) is 0 Å². The molecule has 0 unspecified atom stereocenters. The van der Waals surface area contributed by atoms with Gasteiger partial charge < -0.3 is 14.8 Å². The van der Waals surface area contributed by atoms with Gasteiger partial charge in [0.25, 0.3) is 0 Å². The Morgan fingerprint density at radius 2 is 1.84 bits per heavy atom. The molecular weight excluding hydrogens is 308 g/mol. The molecule has 1 aromatic rings. The molecule has 0 atom stereocenters. The molecule has 2 heterocycles. The largest absolute Gasteiger partial charge is 0.449 e. The summed E-state index contributed by atoms with van der Waals surface area (Å²) < 4.78 is 12.6. The van der Waals surface area contributed by atoms with E-state index in [0.717, 1.165) is 48.7 Å². The molecule has 3 rings (SSSR count). The third kappa shape index (κ3) is 2.88. The lowest BCUT2D eigenvalue weighted by Gasteiger charge is -2.27. The number of hydrogen-bond acceptors (Lipinski definition) is 4. The summed E-state index contributed by atoms with van der Waals surface area (Å²) in [6, 6.07) is 4.11. The van der Waals surface area contributed by atoms with Crippen LogP contribution in [-0.2, 0) is 6.54 Å². The summed E-state index contributed by atoms with van der Waals surface area (Å²) in [6.45, 7) is 9.11. The summed E-state index contributed by atoms with van der Waals surface area (Å²) in [5.41, 5.74) is 1.25. The minimum Gasteiger partial charge on any atom is -0.449 e. The van der Waals surface area contributed by atoms with E-state index in [2.05, 4.69) is 32.2 Å². The van der Waals surface area contributed by atoms with Gasteiger partial charge in [-0.25, -0.2) is 0 Å². The molecule has 0 saturated carbocycles. The van der Waals surface area contributed by atoms with Gasteiger partial charge >= 0.3 is 0 Å². The lowest BCUT2D eigenvalue weighted by atomic mass is 10.2. The van der Waals surface area contributed by atoms with Crippen molar-refractivity contribution in [3.8, 4) is 11.5 Å². The number of piperazine rings is 1. The lowest BCUT2D eigenvalue weighted by Crippen LogP contribution is -2.42. The highest BCUT2D eigenvalue weighted by Crippen LogP contribution is 2.42. The van der Waals surface area contributed by atoms with Crippen LogP contribution < -0.4 is 14.8 Å². The second kappa shape index (κ2) is 4.96. The van der Waals surface area contributed by atoms with E-state index in [1.807, 2.05) is 19.9 Å². The van der Waals surface area contributed by atoms with E-state index in [1.54, 1.807) is 0 Å². The Morgan fingerprint density at radius 1 is 1.21 bits per heavy atom. The number of hydrogen-bond donors (Lipinski definition) is 1. The molecule has 0 radical (unpaired) electrons. The van der Waals surface area contributed by atoms with Crippen LogP contribution in [0.1, 0.15) is 19.4 Å². The molecule has 2 aliphatic heterocycles. The Balaban J connectivity index is 1.79. The Bertz CT molecular complexity index is 485. The van der Waals surface area contributed by atoms with Crippen molar-refractivity contribution in [3.63, 3.8) is 0 Å². The van der Waals surface area contributed by atoms with Crippen molar-refractivity contribution in [3.05, 3.63) is 22.2 Å². The molecule has 104 valence electrons. The highest BCUT2D eigenvalue weighted by Gasteiger charge is 2.32. The maximum atomic E-state index is 5.81. The van der Waals surface area contributed by atoms with E-state index >= 15 is 0 Å². The summed E-state index contributed by atoms with van der Waals surface area (Å²) in [6.07, 6.45) is 0. The predicted octanol–water partition coefficient (Wildman–Crippen LogP) is 2.36. The number of ether oxygens (including phenoxy) is 2. The molecule has 0 aromatic heterocycles. The predicted molar refractivity (Wildman–Crippen MR) is 77.6 cm³/mol. The van der Waals surface area contributed by atoms with Crippen LogP contribution >= 0.6 is 15.9 Å². The van der Waals surface area contributed by atoms with Crippen LogP contribution in [0, 0.1) is 0 Å². The highest BCUT2D eigenvalue weighted by atomic mass is 79.9. The molecule has 0 aliphatic carbocycles. The molecule has 1 fully saturated rings. The Labute approximate surface area is 122 Å². The summed E-state index contributed by atoms with van der Waals surface area (Å²) in [5.74, 6) is 1.11. The molecule has 1 N–H and O–H groups in total. The number of halogens is 1. The van der Waals surface area contributed by atoms with Gasteiger partial charge in [0.1, 0.15) is 0 Å². The lowest BCUT2D eigenvalue weighted by molar-refractivity contribution is -0.0431. The van der Waals surface area contributed by atoms with E-state index in [1.165, 1.54) is 5.56 Å². The Morgan fingerprint density at radius 3 is 2.53 bits per heavy atom. The molecule has 5 heteroatoms. The number of nitrogens with zero attached hydrogens (tertiary/aromatic N) is 1. The molecule has 2 aliphatic rings. The SMILES string of the molecule is CC1(C)Oc2cc(Br)c(CN3CCNCC3)cc2O1. The van der Waals surface area contributed by atoms with Gasteiger partial charge in [0, 0.05) is 51.0 Å². The molecule has 0 amide bonds. The van der Waals surface area contributed by atoms with E-state index in [9.17, 15) is 0 Å². The number of nitrogens with one attached hydrogen (secondary N) is 1. The Hall–Kier alpha value is -0.780. The molecule has 1 saturated heterocycles. The van der Waals surface area contributed by atoms with Gasteiger partial charge in [-0.2, -0.15) is 0 Å². The zero-order chi connectivity index (χ0) is 13.5. The van der Waals surface area contributed by atoms with Crippen LogP contribution in [0.25, 0.3) is 0 Å². The fraction of sp³-hybridized carbons (Fsp3) is 0.571. The van der Waals surface area contributed by atoms with Crippen molar-refractivity contribution < 1.29 is 9.47 Å². The summed E-state index contributed by atoms with van der Waals surface area (Å²) >= 11 is 3.64. The van der Waals surface area contributed by atoms with E-state index < -0.39 is 5.79 Å². The van der Waals surface area contributed by atoms with Gasteiger partial charge in [0.15, 0.2) is 11.5 Å². The summed E-state index contributed by atoms with van der Waals surface area (Å²) in [4.78, 5) is 2.45. The van der Waals surface area contributed by atoms with E-state index in [-0.39, 0.29) is 0 Å². The minimum atomic E-state index is -0.560. The minimum absolute atomic E-state index is 0.560. The first-order chi connectivity index (χ1) is 9.03. The Kier molecular flexibility index (Phi) is 3.45. The average Bonchev–Trinajstić information content (AvgIpc) is 2.64. The highest BCUT2D eigenvalue weighted by molar-refractivity contribution is 9.10. The zero-order valence-corrected chi connectivity index (χ0v) is 12.9. The van der Waals surface area contributed by atoms with Crippen LogP contribution in [0.5, 0.6) is 11.5 Å².